The summed E-state index contributed by atoms with van der Waals surface area (Å²) in [6.45, 7) is 2.46. The molecule has 0 saturated heterocycles. The Labute approximate surface area is 210 Å². The Kier molecular flexibility index (Phi) is 9.68. The predicted molar refractivity (Wildman–Crippen MR) is 139 cm³/mol. The Hall–Kier alpha value is -2.68. The minimum Gasteiger partial charge on any atom is -0.494 e. The average molecular weight is 519 g/mol. The largest absolute Gasteiger partial charge is 0.494 e. The zero-order chi connectivity index (χ0) is 24.4. The Morgan fingerprint density at radius 3 is 2.32 bits per heavy atom. The van der Waals surface area contributed by atoms with Gasteiger partial charge in [0, 0.05) is 23.1 Å². The van der Waals surface area contributed by atoms with Crippen LogP contribution in [-0.4, -0.2) is 39.8 Å². The van der Waals surface area contributed by atoms with Crippen LogP contribution in [0, 0.1) is 0 Å². The summed E-state index contributed by atoms with van der Waals surface area (Å²) >= 11 is 7.62. The van der Waals surface area contributed by atoms with Gasteiger partial charge in [0.25, 0.3) is 10.0 Å². The lowest BCUT2D eigenvalue weighted by Crippen LogP contribution is -2.41. The molecule has 1 amide bonds. The minimum atomic E-state index is -3.99. The SMILES string of the molecule is CCOc1ccc(N(CC(=O)NCCSCc2ccccc2)S(=O)(=O)c2ccc(Cl)cc2)cc1. The third-order valence-electron chi connectivity index (χ3n) is 4.80. The highest BCUT2D eigenvalue weighted by atomic mass is 35.5. The van der Waals surface area contributed by atoms with Gasteiger partial charge in [0.1, 0.15) is 12.3 Å². The number of ether oxygens (including phenoxy) is 1. The van der Waals surface area contributed by atoms with E-state index in [0.717, 1.165) is 10.1 Å². The predicted octanol–water partition coefficient (Wildman–Crippen LogP) is 4.98. The first-order valence-corrected chi connectivity index (χ1v) is 13.8. The van der Waals surface area contributed by atoms with Crippen molar-refractivity contribution in [1.29, 1.82) is 0 Å². The second-order valence-corrected chi connectivity index (χ2v) is 10.7. The van der Waals surface area contributed by atoms with Gasteiger partial charge in [0.15, 0.2) is 0 Å². The molecule has 0 bridgehead atoms. The fourth-order valence-electron chi connectivity index (χ4n) is 3.14. The van der Waals surface area contributed by atoms with Crippen molar-refractivity contribution in [2.75, 3.05) is 29.8 Å². The van der Waals surface area contributed by atoms with Crippen molar-refractivity contribution >= 4 is 45.0 Å². The van der Waals surface area contributed by atoms with Gasteiger partial charge in [-0.05, 0) is 61.0 Å². The van der Waals surface area contributed by atoms with Crippen LogP contribution in [0.25, 0.3) is 0 Å². The van der Waals surface area contributed by atoms with Crippen molar-refractivity contribution in [2.45, 2.75) is 17.6 Å². The highest BCUT2D eigenvalue weighted by Crippen LogP contribution is 2.26. The number of sulfonamides is 1. The first-order valence-electron chi connectivity index (χ1n) is 10.8. The van der Waals surface area contributed by atoms with Gasteiger partial charge < -0.3 is 10.1 Å². The van der Waals surface area contributed by atoms with Gasteiger partial charge in [-0.3, -0.25) is 9.10 Å². The number of amides is 1. The highest BCUT2D eigenvalue weighted by Gasteiger charge is 2.27. The molecule has 0 aromatic heterocycles. The van der Waals surface area contributed by atoms with E-state index >= 15 is 0 Å². The van der Waals surface area contributed by atoms with Crippen molar-refractivity contribution in [3.05, 3.63) is 89.4 Å². The summed E-state index contributed by atoms with van der Waals surface area (Å²) in [6.07, 6.45) is 0. The molecule has 6 nitrogen and oxygen atoms in total. The molecule has 34 heavy (non-hydrogen) atoms. The maximum Gasteiger partial charge on any atom is 0.264 e. The number of carbonyl (C=O) groups excluding carboxylic acids is 1. The molecule has 3 aromatic carbocycles. The van der Waals surface area contributed by atoms with E-state index in [1.54, 1.807) is 36.0 Å². The van der Waals surface area contributed by atoms with Crippen LogP contribution in [0.1, 0.15) is 12.5 Å². The lowest BCUT2D eigenvalue weighted by atomic mass is 10.2. The quantitative estimate of drug-likeness (QED) is 0.342. The van der Waals surface area contributed by atoms with Crippen molar-refractivity contribution in [3.63, 3.8) is 0 Å². The summed E-state index contributed by atoms with van der Waals surface area (Å²) in [5, 5.41) is 3.25. The van der Waals surface area contributed by atoms with Crippen LogP contribution in [0.15, 0.2) is 83.8 Å². The van der Waals surface area contributed by atoms with Crippen LogP contribution in [0.4, 0.5) is 5.69 Å². The molecule has 0 radical (unpaired) electrons. The Balaban J connectivity index is 1.67. The van der Waals surface area contributed by atoms with Crippen LogP contribution in [0.3, 0.4) is 0 Å². The third kappa shape index (κ3) is 7.41. The topological polar surface area (TPSA) is 75.7 Å². The smallest absolute Gasteiger partial charge is 0.264 e. The van der Waals surface area contributed by atoms with E-state index in [9.17, 15) is 13.2 Å². The van der Waals surface area contributed by atoms with Gasteiger partial charge >= 0.3 is 0 Å². The fourth-order valence-corrected chi connectivity index (χ4v) is 5.50. The van der Waals surface area contributed by atoms with E-state index in [-0.39, 0.29) is 17.3 Å². The summed E-state index contributed by atoms with van der Waals surface area (Å²) in [5.41, 5.74) is 1.58. The molecule has 180 valence electrons. The van der Waals surface area contributed by atoms with E-state index in [4.69, 9.17) is 16.3 Å². The van der Waals surface area contributed by atoms with Crippen LogP contribution >= 0.6 is 23.4 Å². The molecular formula is C25H27ClN2O4S2. The zero-order valence-corrected chi connectivity index (χ0v) is 21.2. The van der Waals surface area contributed by atoms with Gasteiger partial charge in [-0.1, -0.05) is 41.9 Å². The lowest BCUT2D eigenvalue weighted by molar-refractivity contribution is -0.119. The van der Waals surface area contributed by atoms with E-state index < -0.39 is 10.0 Å². The molecule has 3 rings (SSSR count). The number of anilines is 1. The van der Waals surface area contributed by atoms with E-state index in [1.807, 2.05) is 25.1 Å². The molecule has 0 aliphatic carbocycles. The molecule has 0 heterocycles. The van der Waals surface area contributed by atoms with Gasteiger partial charge in [0.05, 0.1) is 17.2 Å². The van der Waals surface area contributed by atoms with Crippen molar-refractivity contribution in [2.24, 2.45) is 0 Å². The number of carbonyl (C=O) groups is 1. The summed E-state index contributed by atoms with van der Waals surface area (Å²) < 4.78 is 33.3. The fraction of sp³-hybridized carbons (Fsp3) is 0.240. The van der Waals surface area contributed by atoms with Gasteiger partial charge in [-0.25, -0.2) is 8.42 Å². The van der Waals surface area contributed by atoms with E-state index in [0.29, 0.717) is 35.4 Å². The second-order valence-electron chi connectivity index (χ2n) is 7.28. The molecule has 0 atom stereocenters. The van der Waals surface area contributed by atoms with Crippen molar-refractivity contribution in [3.8, 4) is 5.75 Å². The van der Waals surface area contributed by atoms with Crippen molar-refractivity contribution in [1.82, 2.24) is 5.32 Å². The summed E-state index contributed by atoms with van der Waals surface area (Å²) in [7, 11) is -3.99. The first-order chi connectivity index (χ1) is 16.4. The van der Waals surface area contributed by atoms with Gasteiger partial charge in [0.2, 0.25) is 5.91 Å². The normalized spacial score (nSPS) is 11.1. The number of hydrogen-bond donors (Lipinski definition) is 1. The van der Waals surface area contributed by atoms with Crippen LogP contribution in [0.2, 0.25) is 5.02 Å². The molecule has 0 aliphatic heterocycles. The number of thioether (sulfide) groups is 1. The number of nitrogens with one attached hydrogen (secondary N) is 1. The van der Waals surface area contributed by atoms with Gasteiger partial charge in [-0.15, -0.1) is 0 Å². The number of hydrogen-bond acceptors (Lipinski definition) is 5. The Morgan fingerprint density at radius 1 is 1.00 bits per heavy atom. The number of halogens is 1. The van der Waals surface area contributed by atoms with E-state index in [1.165, 1.54) is 29.8 Å². The molecule has 0 saturated carbocycles. The summed E-state index contributed by atoms with van der Waals surface area (Å²) in [6, 6.07) is 22.6. The number of benzene rings is 3. The molecule has 0 spiro atoms. The molecule has 0 aliphatic rings. The maximum absolute atomic E-state index is 13.4. The third-order valence-corrected chi connectivity index (χ3v) is 7.87. The standard InChI is InChI=1S/C25H27ClN2O4S2/c1-2-32-23-12-10-22(11-13-23)28(34(30,31)24-14-8-21(26)9-15-24)18-25(29)27-16-17-33-19-20-6-4-3-5-7-20/h3-15H,2,16-19H2,1H3,(H,27,29). The van der Waals surface area contributed by atoms with Crippen LogP contribution in [-0.2, 0) is 20.6 Å². The Bertz CT molecular complexity index is 1160. The van der Waals surface area contributed by atoms with Gasteiger partial charge in [-0.2, -0.15) is 11.8 Å². The van der Waals surface area contributed by atoms with Crippen molar-refractivity contribution < 1.29 is 17.9 Å². The second kappa shape index (κ2) is 12.7. The molecular weight excluding hydrogens is 492 g/mol. The lowest BCUT2D eigenvalue weighted by Gasteiger charge is -2.24. The van der Waals surface area contributed by atoms with Crippen LogP contribution in [0.5, 0.6) is 5.75 Å². The monoisotopic (exact) mass is 518 g/mol. The van der Waals surface area contributed by atoms with E-state index in [2.05, 4.69) is 17.4 Å². The minimum absolute atomic E-state index is 0.0528. The first kappa shape index (κ1) is 25.9. The summed E-state index contributed by atoms with van der Waals surface area (Å²) in [5.74, 6) is 1.80. The maximum atomic E-state index is 13.4. The Morgan fingerprint density at radius 2 is 1.68 bits per heavy atom. The number of nitrogens with zero attached hydrogens (tertiary/aromatic N) is 1. The molecule has 9 heteroatoms. The zero-order valence-electron chi connectivity index (χ0n) is 18.8. The average Bonchev–Trinajstić information content (AvgIpc) is 2.84. The number of rotatable bonds is 12. The molecule has 1 N–H and O–H groups in total. The molecule has 0 unspecified atom stereocenters. The molecule has 3 aromatic rings. The van der Waals surface area contributed by atoms with Crippen LogP contribution < -0.4 is 14.4 Å². The highest BCUT2D eigenvalue weighted by molar-refractivity contribution is 7.98. The molecule has 0 fully saturated rings. The summed E-state index contributed by atoms with van der Waals surface area (Å²) in [4.78, 5) is 12.7.